The maximum atomic E-state index is 12.9. The molecule has 170 valence electrons. The third-order valence-corrected chi connectivity index (χ3v) is 6.88. The molecule has 1 aliphatic carbocycles. The summed E-state index contributed by atoms with van der Waals surface area (Å²) in [6.07, 6.45) is 6.76. The average Bonchev–Trinajstić information content (AvgIpc) is 3.32. The first kappa shape index (κ1) is 21.3. The van der Waals surface area contributed by atoms with Crippen molar-refractivity contribution in [2.45, 2.75) is 51.7 Å². The topological polar surface area (TPSA) is 93.3 Å². The number of nitriles is 1. The number of anilines is 1. The number of carbonyl (C=O) groups is 1. The molecule has 33 heavy (non-hydrogen) atoms. The molecule has 0 N–H and O–H groups in total. The number of benzene rings is 1. The molecule has 1 spiro atoms. The quantitative estimate of drug-likeness (QED) is 0.583. The molecule has 1 saturated heterocycles. The van der Waals surface area contributed by atoms with E-state index in [1.165, 1.54) is 0 Å². The molecular formula is C25H27N5O3. The van der Waals surface area contributed by atoms with Gasteiger partial charge in [-0.15, -0.1) is 0 Å². The van der Waals surface area contributed by atoms with Gasteiger partial charge in [-0.05, 0) is 67.9 Å². The van der Waals surface area contributed by atoms with Gasteiger partial charge in [-0.2, -0.15) is 5.26 Å². The molecule has 5 rings (SSSR count). The molecule has 0 bridgehead atoms. The van der Waals surface area contributed by atoms with Crippen molar-refractivity contribution in [3.8, 4) is 11.8 Å². The lowest BCUT2D eigenvalue weighted by Crippen LogP contribution is -2.45. The van der Waals surface area contributed by atoms with Crippen LogP contribution < -0.4 is 9.64 Å². The van der Waals surface area contributed by atoms with E-state index in [2.05, 4.69) is 27.5 Å². The number of hydrogen-bond donors (Lipinski definition) is 0. The summed E-state index contributed by atoms with van der Waals surface area (Å²) in [7, 11) is 1.59. The summed E-state index contributed by atoms with van der Waals surface area (Å²) in [6, 6.07) is 9.64. The lowest BCUT2D eigenvalue weighted by molar-refractivity contribution is -0.0264. The van der Waals surface area contributed by atoms with Crippen molar-refractivity contribution in [2.75, 3.05) is 18.6 Å². The molecule has 1 aromatic carbocycles. The Labute approximate surface area is 192 Å². The van der Waals surface area contributed by atoms with E-state index in [0.717, 1.165) is 48.8 Å². The minimum absolute atomic E-state index is 0.0877. The van der Waals surface area contributed by atoms with Crippen LogP contribution in [0.4, 0.5) is 10.6 Å². The number of amides is 1. The summed E-state index contributed by atoms with van der Waals surface area (Å²) >= 11 is 0. The molecule has 1 saturated carbocycles. The highest BCUT2D eigenvalue weighted by Gasteiger charge is 2.52. The molecule has 8 heteroatoms. The van der Waals surface area contributed by atoms with Gasteiger partial charge in [-0.1, -0.05) is 6.92 Å². The number of rotatable bonds is 4. The van der Waals surface area contributed by atoms with Crippen molar-refractivity contribution >= 4 is 22.9 Å². The van der Waals surface area contributed by atoms with Gasteiger partial charge >= 0.3 is 6.09 Å². The van der Waals surface area contributed by atoms with Crippen molar-refractivity contribution in [1.82, 2.24) is 14.5 Å². The van der Waals surface area contributed by atoms with Gasteiger partial charge in [0, 0.05) is 12.7 Å². The van der Waals surface area contributed by atoms with Crippen LogP contribution in [0.15, 0.2) is 36.8 Å². The number of pyridine rings is 1. The van der Waals surface area contributed by atoms with E-state index in [9.17, 15) is 10.1 Å². The van der Waals surface area contributed by atoms with Crippen LogP contribution in [0.3, 0.4) is 0 Å². The van der Waals surface area contributed by atoms with Gasteiger partial charge in [0.05, 0.1) is 42.6 Å². The minimum Gasteiger partial charge on any atom is -0.493 e. The highest BCUT2D eigenvalue weighted by atomic mass is 16.6. The zero-order chi connectivity index (χ0) is 23.2. The highest BCUT2D eigenvalue weighted by molar-refractivity contribution is 5.90. The standard InChI is InChI=1S/C25H27N5O3/c1-17-9-21(32-3)22(27-12-17)30-15-25(33-23(30)31)8-4-7-24(2,13-25)14-29-16-28-19-6-5-18(11-26)10-20(19)29/h5-6,9-10,12,16H,4,7-8,13-15H2,1-3H3/t24-,25-/m0/s1. The first-order valence-electron chi connectivity index (χ1n) is 11.2. The molecule has 1 amide bonds. The van der Waals surface area contributed by atoms with Crippen molar-refractivity contribution in [3.05, 3.63) is 47.9 Å². The molecule has 2 atom stereocenters. The van der Waals surface area contributed by atoms with Crippen LogP contribution in [0.25, 0.3) is 11.0 Å². The molecule has 3 aromatic rings. The summed E-state index contributed by atoms with van der Waals surface area (Å²) in [5.41, 5.74) is 2.77. The number of hydrogen-bond acceptors (Lipinski definition) is 6. The fraction of sp³-hybridized carbons (Fsp3) is 0.440. The van der Waals surface area contributed by atoms with Crippen LogP contribution in [0.5, 0.6) is 5.75 Å². The number of methoxy groups -OCH3 is 1. The number of carbonyl (C=O) groups excluding carboxylic acids is 1. The Morgan fingerprint density at radius 3 is 2.91 bits per heavy atom. The predicted octanol–water partition coefficient (Wildman–Crippen LogP) is 4.60. The van der Waals surface area contributed by atoms with E-state index in [-0.39, 0.29) is 11.5 Å². The molecule has 1 aliphatic heterocycles. The molecule has 2 aromatic heterocycles. The number of ether oxygens (including phenoxy) is 2. The van der Waals surface area contributed by atoms with Crippen LogP contribution in [0.1, 0.15) is 43.7 Å². The maximum absolute atomic E-state index is 12.9. The van der Waals surface area contributed by atoms with Gasteiger partial charge in [0.1, 0.15) is 5.60 Å². The normalized spacial score (nSPS) is 24.8. The number of imidazole rings is 1. The Morgan fingerprint density at radius 2 is 2.12 bits per heavy atom. The Morgan fingerprint density at radius 1 is 1.27 bits per heavy atom. The largest absolute Gasteiger partial charge is 0.493 e. The number of aromatic nitrogens is 3. The monoisotopic (exact) mass is 445 g/mol. The van der Waals surface area contributed by atoms with Gasteiger partial charge in [-0.25, -0.2) is 14.8 Å². The fourth-order valence-corrected chi connectivity index (χ4v) is 5.49. The van der Waals surface area contributed by atoms with Crippen LogP contribution in [0.2, 0.25) is 0 Å². The lowest BCUT2D eigenvalue weighted by atomic mass is 9.68. The van der Waals surface area contributed by atoms with Crippen LogP contribution in [-0.4, -0.2) is 39.9 Å². The van der Waals surface area contributed by atoms with Crippen molar-refractivity contribution in [1.29, 1.82) is 5.26 Å². The lowest BCUT2D eigenvalue weighted by Gasteiger charge is -2.43. The predicted molar refractivity (Wildman–Crippen MR) is 123 cm³/mol. The van der Waals surface area contributed by atoms with E-state index >= 15 is 0 Å². The summed E-state index contributed by atoms with van der Waals surface area (Å²) in [5, 5.41) is 9.29. The molecule has 0 radical (unpaired) electrons. The number of aryl methyl sites for hydroxylation is 1. The van der Waals surface area contributed by atoms with Gasteiger partial charge in [-0.3, -0.25) is 4.90 Å². The maximum Gasteiger partial charge on any atom is 0.416 e. The van der Waals surface area contributed by atoms with E-state index in [0.29, 0.717) is 23.7 Å². The Bertz CT molecular complexity index is 1280. The SMILES string of the molecule is COc1cc(C)cnc1N1C[C@@]2(CCC[C@](C)(Cn3cnc4ccc(C#N)cc43)C2)OC1=O. The average molecular weight is 446 g/mol. The van der Waals surface area contributed by atoms with E-state index in [4.69, 9.17) is 9.47 Å². The molecule has 2 fully saturated rings. The number of nitrogens with zero attached hydrogens (tertiary/aromatic N) is 5. The smallest absolute Gasteiger partial charge is 0.416 e. The van der Waals surface area contributed by atoms with Crippen molar-refractivity contribution < 1.29 is 14.3 Å². The third kappa shape index (κ3) is 3.78. The fourth-order valence-electron chi connectivity index (χ4n) is 5.49. The molecule has 2 aliphatic rings. The number of fused-ring (bicyclic) bond motifs is 1. The zero-order valence-corrected chi connectivity index (χ0v) is 19.2. The summed E-state index contributed by atoms with van der Waals surface area (Å²) in [4.78, 5) is 23.5. The Balaban J connectivity index is 1.41. The minimum atomic E-state index is -0.560. The third-order valence-electron chi connectivity index (χ3n) is 6.88. The van der Waals surface area contributed by atoms with E-state index in [1.807, 2.05) is 31.5 Å². The van der Waals surface area contributed by atoms with Crippen molar-refractivity contribution in [2.24, 2.45) is 5.41 Å². The first-order chi connectivity index (χ1) is 15.8. The van der Waals surface area contributed by atoms with Crippen LogP contribution in [0, 0.1) is 23.7 Å². The molecule has 0 unspecified atom stereocenters. The highest BCUT2D eigenvalue weighted by Crippen LogP contribution is 2.48. The summed E-state index contributed by atoms with van der Waals surface area (Å²) < 4.78 is 13.7. The zero-order valence-electron chi connectivity index (χ0n) is 19.2. The van der Waals surface area contributed by atoms with E-state index in [1.54, 1.807) is 24.3 Å². The Hall–Kier alpha value is -3.60. The second-order valence-corrected chi connectivity index (χ2v) is 9.70. The Kier molecular flexibility index (Phi) is 5.00. The molecular weight excluding hydrogens is 418 g/mol. The van der Waals surface area contributed by atoms with Gasteiger partial charge in [0.25, 0.3) is 0 Å². The summed E-state index contributed by atoms with van der Waals surface area (Å²) in [5.74, 6) is 1.07. The van der Waals surface area contributed by atoms with Crippen LogP contribution >= 0.6 is 0 Å². The van der Waals surface area contributed by atoms with Crippen LogP contribution in [-0.2, 0) is 11.3 Å². The first-order valence-corrected chi connectivity index (χ1v) is 11.2. The second kappa shape index (κ2) is 7.77. The van der Waals surface area contributed by atoms with Gasteiger partial charge < -0.3 is 14.0 Å². The molecule has 3 heterocycles. The second-order valence-electron chi connectivity index (χ2n) is 9.70. The van der Waals surface area contributed by atoms with Gasteiger partial charge in [0.2, 0.25) is 0 Å². The van der Waals surface area contributed by atoms with E-state index < -0.39 is 5.60 Å². The van der Waals surface area contributed by atoms with Gasteiger partial charge in [0.15, 0.2) is 11.6 Å². The summed E-state index contributed by atoms with van der Waals surface area (Å²) in [6.45, 7) is 5.38. The molecule has 8 nitrogen and oxygen atoms in total. The van der Waals surface area contributed by atoms with Crippen molar-refractivity contribution in [3.63, 3.8) is 0 Å².